The van der Waals surface area contributed by atoms with Gasteiger partial charge in [0.1, 0.15) is 0 Å². The molecule has 0 unspecified atom stereocenters. The molecular weight excluding hydrogens is 423 g/mol. The van der Waals surface area contributed by atoms with Crippen molar-refractivity contribution in [2.75, 3.05) is 12.9 Å². The topological polar surface area (TPSA) is 43.4 Å². The third kappa shape index (κ3) is 6.08. The molecule has 0 fully saturated rings. The van der Waals surface area contributed by atoms with Crippen LogP contribution in [0.15, 0.2) is 46.9 Å². The maximum absolute atomic E-state index is 11.3. The van der Waals surface area contributed by atoms with Crippen molar-refractivity contribution >= 4 is 49.2 Å². The van der Waals surface area contributed by atoms with Crippen LogP contribution in [0.5, 0.6) is 0 Å². The summed E-state index contributed by atoms with van der Waals surface area (Å²) in [5.74, 6) is -0.198. The van der Waals surface area contributed by atoms with Gasteiger partial charge < -0.3 is 0 Å². The summed E-state index contributed by atoms with van der Waals surface area (Å²) in [6.45, 7) is 0.0241. The van der Waals surface area contributed by atoms with Crippen molar-refractivity contribution < 1.29 is 12.6 Å². The van der Waals surface area contributed by atoms with Crippen molar-refractivity contribution in [1.29, 1.82) is 0 Å². The zero-order chi connectivity index (χ0) is 17.0. The lowest BCUT2D eigenvalue weighted by Gasteiger charge is -2.18. The van der Waals surface area contributed by atoms with Crippen LogP contribution >= 0.6 is 39.1 Å². The van der Waals surface area contributed by atoms with Crippen molar-refractivity contribution in [1.82, 2.24) is 0 Å². The molecule has 0 aromatic heterocycles. The molecule has 0 saturated carbocycles. The Hall–Kier alpha value is -0.590. The summed E-state index contributed by atoms with van der Waals surface area (Å²) in [7, 11) is -3.52. The van der Waals surface area contributed by atoms with E-state index in [0.29, 0.717) is 16.5 Å². The molecule has 7 heteroatoms. The van der Waals surface area contributed by atoms with Crippen molar-refractivity contribution in [3.8, 4) is 0 Å². The third-order valence-corrected chi connectivity index (χ3v) is 4.94. The second-order valence-electron chi connectivity index (χ2n) is 5.18. The van der Waals surface area contributed by atoms with E-state index in [0.717, 1.165) is 21.9 Å². The largest absolute Gasteiger partial charge is 0.270 e. The number of rotatable bonds is 6. The van der Waals surface area contributed by atoms with E-state index >= 15 is 0 Å². The fourth-order valence-corrected chi connectivity index (χ4v) is 3.44. The fraction of sp³-hybridized carbons (Fsp3) is 0.250. The molecule has 23 heavy (non-hydrogen) atoms. The lowest BCUT2D eigenvalue weighted by atomic mass is 9.93. The molecule has 3 nitrogen and oxygen atoms in total. The van der Waals surface area contributed by atoms with Gasteiger partial charge in [-0.1, -0.05) is 57.3 Å². The van der Waals surface area contributed by atoms with E-state index in [9.17, 15) is 8.42 Å². The van der Waals surface area contributed by atoms with Gasteiger partial charge in [0.25, 0.3) is 10.1 Å². The van der Waals surface area contributed by atoms with Gasteiger partial charge in [0.2, 0.25) is 0 Å². The Morgan fingerprint density at radius 3 is 2.35 bits per heavy atom. The number of halogens is 3. The minimum atomic E-state index is -3.52. The monoisotopic (exact) mass is 436 g/mol. The Morgan fingerprint density at radius 2 is 1.78 bits per heavy atom. The normalized spacial score (nSPS) is 13.0. The summed E-state index contributed by atoms with van der Waals surface area (Å²) in [6, 6.07) is 13.0. The average molecular weight is 438 g/mol. The molecule has 0 spiro atoms. The van der Waals surface area contributed by atoms with Crippen LogP contribution in [-0.2, 0) is 20.7 Å². The van der Waals surface area contributed by atoms with Crippen LogP contribution in [0.4, 0.5) is 0 Å². The van der Waals surface area contributed by atoms with E-state index in [2.05, 4.69) is 15.9 Å². The van der Waals surface area contributed by atoms with Crippen molar-refractivity contribution in [2.24, 2.45) is 0 Å². The molecule has 0 N–H and O–H groups in total. The second-order valence-corrected chi connectivity index (χ2v) is 8.59. The van der Waals surface area contributed by atoms with Crippen LogP contribution in [-0.4, -0.2) is 21.3 Å². The molecule has 0 aliphatic rings. The van der Waals surface area contributed by atoms with Gasteiger partial charge in [0.05, 0.1) is 12.9 Å². The van der Waals surface area contributed by atoms with E-state index in [1.54, 1.807) is 18.2 Å². The highest BCUT2D eigenvalue weighted by atomic mass is 79.9. The fourth-order valence-electron chi connectivity index (χ4n) is 2.20. The molecule has 0 radical (unpaired) electrons. The predicted molar refractivity (Wildman–Crippen MR) is 97.8 cm³/mol. The number of hydrogen-bond acceptors (Lipinski definition) is 3. The van der Waals surface area contributed by atoms with Crippen LogP contribution in [0.2, 0.25) is 10.0 Å². The molecule has 0 aliphatic heterocycles. The minimum Gasteiger partial charge on any atom is -0.270 e. The molecule has 0 aliphatic carbocycles. The van der Waals surface area contributed by atoms with E-state index in [1.165, 1.54) is 0 Å². The number of hydrogen-bond donors (Lipinski definition) is 0. The smallest absolute Gasteiger partial charge is 0.264 e. The lowest BCUT2D eigenvalue weighted by Crippen LogP contribution is -2.15. The zero-order valence-electron chi connectivity index (χ0n) is 12.3. The molecular formula is C16H15BrCl2O3S. The summed E-state index contributed by atoms with van der Waals surface area (Å²) in [4.78, 5) is 0. The first-order valence-corrected chi connectivity index (χ1v) is 10.1. The quantitative estimate of drug-likeness (QED) is 0.593. The molecule has 0 bridgehead atoms. The molecule has 124 valence electrons. The van der Waals surface area contributed by atoms with E-state index in [-0.39, 0.29) is 12.5 Å². The van der Waals surface area contributed by atoms with Gasteiger partial charge in [-0.15, -0.1) is 0 Å². The lowest BCUT2D eigenvalue weighted by molar-refractivity contribution is 0.293. The average Bonchev–Trinajstić information content (AvgIpc) is 2.45. The first-order valence-electron chi connectivity index (χ1n) is 6.78. The Balaban J connectivity index is 2.28. The maximum Gasteiger partial charge on any atom is 0.264 e. The third-order valence-electron chi connectivity index (χ3n) is 3.28. The van der Waals surface area contributed by atoms with Crippen LogP contribution < -0.4 is 0 Å². The van der Waals surface area contributed by atoms with Crippen LogP contribution in [0.1, 0.15) is 17.0 Å². The Kier molecular flexibility index (Phi) is 6.51. The zero-order valence-corrected chi connectivity index (χ0v) is 16.2. The van der Waals surface area contributed by atoms with E-state index in [4.69, 9.17) is 27.4 Å². The van der Waals surface area contributed by atoms with Gasteiger partial charge in [0, 0.05) is 20.4 Å². The molecule has 0 heterocycles. The van der Waals surface area contributed by atoms with Gasteiger partial charge in [-0.2, -0.15) is 8.42 Å². The molecule has 2 rings (SSSR count). The van der Waals surface area contributed by atoms with Gasteiger partial charge in [-0.25, -0.2) is 0 Å². The molecule has 2 aromatic rings. The molecule has 0 saturated heterocycles. The SMILES string of the molecule is CS(=O)(=O)OC[C@@H](Cc1ccc(Br)cc1)c1ccc(Cl)cc1Cl. The van der Waals surface area contributed by atoms with Gasteiger partial charge >= 0.3 is 0 Å². The highest BCUT2D eigenvalue weighted by Crippen LogP contribution is 2.31. The second kappa shape index (κ2) is 7.99. The minimum absolute atomic E-state index is 0.0241. The summed E-state index contributed by atoms with van der Waals surface area (Å²) >= 11 is 15.6. The predicted octanol–water partition coefficient (Wildman–Crippen LogP) is 5.06. The summed E-state index contributed by atoms with van der Waals surface area (Å²) in [5, 5.41) is 1.03. The van der Waals surface area contributed by atoms with Crippen molar-refractivity contribution in [3.05, 3.63) is 68.1 Å². The first kappa shape index (κ1) is 18.7. The number of benzene rings is 2. The summed E-state index contributed by atoms with van der Waals surface area (Å²) in [5.41, 5.74) is 1.86. The van der Waals surface area contributed by atoms with Gasteiger partial charge in [0.15, 0.2) is 0 Å². The van der Waals surface area contributed by atoms with E-state index < -0.39 is 10.1 Å². The summed E-state index contributed by atoms with van der Waals surface area (Å²) < 4.78 is 28.6. The Bertz CT molecular complexity index is 776. The Morgan fingerprint density at radius 1 is 1.13 bits per heavy atom. The van der Waals surface area contributed by atoms with Crippen molar-refractivity contribution in [2.45, 2.75) is 12.3 Å². The van der Waals surface area contributed by atoms with Crippen molar-refractivity contribution in [3.63, 3.8) is 0 Å². The van der Waals surface area contributed by atoms with E-state index in [1.807, 2.05) is 24.3 Å². The Labute approximate surface area is 154 Å². The van der Waals surface area contributed by atoms with Crippen LogP contribution in [0.3, 0.4) is 0 Å². The van der Waals surface area contributed by atoms with Crippen LogP contribution in [0.25, 0.3) is 0 Å². The maximum atomic E-state index is 11.3. The highest BCUT2D eigenvalue weighted by Gasteiger charge is 2.18. The van der Waals surface area contributed by atoms with Gasteiger partial charge in [-0.3, -0.25) is 4.18 Å². The first-order chi connectivity index (χ1) is 10.7. The molecule has 1 atom stereocenters. The van der Waals surface area contributed by atoms with Crippen LogP contribution in [0, 0.1) is 0 Å². The summed E-state index contributed by atoms with van der Waals surface area (Å²) in [6.07, 6.45) is 1.64. The van der Waals surface area contributed by atoms with Gasteiger partial charge in [-0.05, 0) is 41.8 Å². The standard InChI is InChI=1S/C16H15BrCl2O3S/c1-23(20,21)22-10-12(8-11-2-4-13(17)5-3-11)15-7-6-14(18)9-16(15)19/h2-7,9,12H,8,10H2,1H3/t12-/m1/s1. The highest BCUT2D eigenvalue weighted by molar-refractivity contribution is 9.10. The molecule has 2 aromatic carbocycles. The molecule has 0 amide bonds.